The van der Waals surface area contributed by atoms with Gasteiger partial charge in [-0.2, -0.15) is 0 Å². The topological polar surface area (TPSA) is 73.6 Å². The summed E-state index contributed by atoms with van der Waals surface area (Å²) in [6.45, 7) is -0.248. The van der Waals surface area contributed by atoms with Crippen molar-refractivity contribution < 1.29 is 23.0 Å². The van der Waals surface area contributed by atoms with Gasteiger partial charge in [-0.25, -0.2) is 8.78 Å². The molecule has 1 heterocycles. The first kappa shape index (κ1) is 15.7. The summed E-state index contributed by atoms with van der Waals surface area (Å²) in [6, 6.07) is 6.23. The Hall–Kier alpha value is -1.73. The molecule has 0 saturated carbocycles. The van der Waals surface area contributed by atoms with Crippen LogP contribution in [0.25, 0.3) is 0 Å². The van der Waals surface area contributed by atoms with Crippen molar-refractivity contribution in [2.24, 2.45) is 5.73 Å². The van der Waals surface area contributed by atoms with Crippen LogP contribution in [0.4, 0.5) is 14.5 Å². The molecular weight excluding hydrogens is 282 g/mol. The average molecular weight is 300 g/mol. The van der Waals surface area contributed by atoms with Crippen LogP contribution in [0.2, 0.25) is 0 Å². The number of carbonyl (C=O) groups is 1. The van der Waals surface area contributed by atoms with Gasteiger partial charge in [0.05, 0.1) is 6.10 Å². The molecule has 1 fully saturated rings. The summed E-state index contributed by atoms with van der Waals surface area (Å²) in [4.78, 5) is 12.0. The smallest absolute Gasteiger partial charge is 0.272 e. The van der Waals surface area contributed by atoms with Gasteiger partial charge in [0, 0.05) is 12.2 Å². The fourth-order valence-corrected chi connectivity index (χ4v) is 2.09. The summed E-state index contributed by atoms with van der Waals surface area (Å²) in [6.07, 6.45) is -1.66. The second-order valence-electron chi connectivity index (χ2n) is 4.78. The number of halogens is 2. The van der Waals surface area contributed by atoms with Crippen LogP contribution in [0.1, 0.15) is 12.8 Å². The molecule has 0 bridgehead atoms. The number of benzene rings is 1. The molecule has 0 unspecified atom stereocenters. The van der Waals surface area contributed by atoms with Gasteiger partial charge in [-0.1, -0.05) is 0 Å². The highest BCUT2D eigenvalue weighted by molar-refractivity contribution is 5.94. The number of carbonyl (C=O) groups excluding carboxylic acids is 1. The molecule has 0 aliphatic carbocycles. The van der Waals surface area contributed by atoms with Crippen LogP contribution in [0.15, 0.2) is 24.3 Å². The maximum absolute atomic E-state index is 12.0. The molecule has 0 aromatic heterocycles. The van der Waals surface area contributed by atoms with Crippen LogP contribution >= 0.6 is 0 Å². The van der Waals surface area contributed by atoms with Gasteiger partial charge in [0.2, 0.25) is 0 Å². The summed E-state index contributed by atoms with van der Waals surface area (Å²) in [5.41, 5.74) is 6.05. The number of hydrogen-bond donors (Lipinski definition) is 2. The third-order valence-electron chi connectivity index (χ3n) is 3.16. The van der Waals surface area contributed by atoms with Crippen LogP contribution in [0, 0.1) is 0 Å². The lowest BCUT2D eigenvalue weighted by molar-refractivity contribution is -0.126. The Morgan fingerprint density at radius 3 is 2.67 bits per heavy atom. The minimum absolute atomic E-state index is 0.0640. The maximum Gasteiger partial charge on any atom is 0.272 e. The minimum Gasteiger partial charge on any atom is -0.488 e. The zero-order valence-electron chi connectivity index (χ0n) is 11.4. The van der Waals surface area contributed by atoms with Gasteiger partial charge in [0.15, 0.2) is 0 Å². The molecule has 1 aliphatic rings. The maximum atomic E-state index is 12.0. The Bertz CT molecular complexity index is 468. The number of rotatable bonds is 6. The number of nitrogens with one attached hydrogen (secondary N) is 1. The lowest BCUT2D eigenvalue weighted by Gasteiger charge is -2.13. The average Bonchev–Trinajstić information content (AvgIpc) is 2.95. The number of ether oxygens (including phenoxy) is 2. The molecule has 2 atom stereocenters. The van der Waals surface area contributed by atoms with E-state index in [1.165, 1.54) is 12.1 Å². The van der Waals surface area contributed by atoms with Crippen molar-refractivity contribution >= 4 is 11.6 Å². The molecule has 1 amide bonds. The van der Waals surface area contributed by atoms with E-state index >= 15 is 0 Å². The van der Waals surface area contributed by atoms with Gasteiger partial charge in [-0.15, -0.1) is 0 Å². The Morgan fingerprint density at radius 2 is 2.10 bits per heavy atom. The van der Waals surface area contributed by atoms with Gasteiger partial charge < -0.3 is 20.5 Å². The zero-order chi connectivity index (χ0) is 15.2. The van der Waals surface area contributed by atoms with Crippen molar-refractivity contribution in [1.82, 2.24) is 0 Å². The van der Waals surface area contributed by atoms with E-state index in [0.717, 1.165) is 6.42 Å². The summed E-state index contributed by atoms with van der Waals surface area (Å²) < 4.78 is 34.3. The molecule has 1 aliphatic heterocycles. The number of hydrogen-bond acceptors (Lipinski definition) is 4. The van der Waals surface area contributed by atoms with Crippen LogP contribution in [-0.2, 0) is 9.53 Å². The van der Waals surface area contributed by atoms with Crippen molar-refractivity contribution in [2.75, 3.05) is 18.5 Å². The van der Waals surface area contributed by atoms with E-state index in [-0.39, 0.29) is 12.0 Å². The second kappa shape index (κ2) is 7.33. The first-order valence-corrected chi connectivity index (χ1v) is 6.76. The summed E-state index contributed by atoms with van der Waals surface area (Å²) in [7, 11) is 0. The predicted octanol–water partition coefficient (Wildman–Crippen LogP) is 1.78. The molecule has 1 aromatic carbocycles. The molecule has 21 heavy (non-hydrogen) atoms. The van der Waals surface area contributed by atoms with E-state index in [2.05, 4.69) is 5.32 Å². The number of alkyl halides is 2. The molecular formula is C14H18F2N2O3. The Labute approximate surface area is 121 Å². The SMILES string of the molecule is NC[C@H]1CC[C@@H](C(=O)Nc2ccc(OCC(F)F)cc2)O1. The Balaban J connectivity index is 1.84. The first-order valence-electron chi connectivity index (χ1n) is 6.76. The van der Waals surface area contributed by atoms with E-state index < -0.39 is 19.1 Å². The normalized spacial score (nSPS) is 21.5. The summed E-state index contributed by atoms with van der Waals surface area (Å²) in [5, 5.41) is 2.71. The van der Waals surface area contributed by atoms with Crippen LogP contribution < -0.4 is 15.8 Å². The third kappa shape index (κ3) is 4.64. The summed E-state index contributed by atoms with van der Waals surface area (Å²) >= 11 is 0. The highest BCUT2D eigenvalue weighted by Crippen LogP contribution is 2.21. The quantitative estimate of drug-likeness (QED) is 0.840. The molecule has 3 N–H and O–H groups in total. The van der Waals surface area contributed by atoms with E-state index in [9.17, 15) is 13.6 Å². The highest BCUT2D eigenvalue weighted by atomic mass is 19.3. The van der Waals surface area contributed by atoms with Crippen LogP contribution in [0.3, 0.4) is 0 Å². The lowest BCUT2D eigenvalue weighted by atomic mass is 10.2. The van der Waals surface area contributed by atoms with Crippen molar-refractivity contribution in [1.29, 1.82) is 0 Å². The molecule has 1 aromatic rings. The Kier molecular flexibility index (Phi) is 5.46. The monoisotopic (exact) mass is 300 g/mol. The van der Waals surface area contributed by atoms with Crippen molar-refractivity contribution in [3.8, 4) is 5.75 Å². The molecule has 7 heteroatoms. The standard InChI is InChI=1S/C14H18F2N2O3/c15-13(16)8-20-10-3-1-9(2-4-10)18-14(19)12-6-5-11(7-17)21-12/h1-4,11-13H,5-8,17H2,(H,18,19)/t11-,12+/m1/s1. The lowest BCUT2D eigenvalue weighted by Crippen LogP contribution is -2.29. The molecule has 1 saturated heterocycles. The molecule has 5 nitrogen and oxygen atoms in total. The van der Waals surface area contributed by atoms with Gasteiger partial charge in [0.25, 0.3) is 12.3 Å². The predicted molar refractivity (Wildman–Crippen MR) is 73.5 cm³/mol. The molecule has 116 valence electrons. The number of amides is 1. The van der Waals surface area contributed by atoms with Gasteiger partial charge >= 0.3 is 0 Å². The highest BCUT2D eigenvalue weighted by Gasteiger charge is 2.29. The van der Waals surface area contributed by atoms with Crippen molar-refractivity contribution in [2.45, 2.75) is 31.5 Å². The largest absolute Gasteiger partial charge is 0.488 e. The molecule has 0 spiro atoms. The van der Waals surface area contributed by atoms with E-state index in [4.69, 9.17) is 15.2 Å². The van der Waals surface area contributed by atoms with Gasteiger partial charge in [-0.05, 0) is 37.1 Å². The molecule has 2 rings (SSSR count). The zero-order valence-corrected chi connectivity index (χ0v) is 11.4. The number of anilines is 1. The summed E-state index contributed by atoms with van der Waals surface area (Å²) in [5.74, 6) is 0.0980. The Morgan fingerprint density at radius 1 is 1.38 bits per heavy atom. The first-order chi connectivity index (χ1) is 10.1. The van der Waals surface area contributed by atoms with E-state index in [0.29, 0.717) is 24.4 Å². The van der Waals surface area contributed by atoms with E-state index in [1.807, 2.05) is 0 Å². The number of nitrogens with two attached hydrogens (primary N) is 1. The van der Waals surface area contributed by atoms with Crippen molar-refractivity contribution in [3.05, 3.63) is 24.3 Å². The minimum atomic E-state index is -2.51. The fraction of sp³-hybridized carbons (Fsp3) is 0.500. The molecule has 0 radical (unpaired) electrons. The van der Waals surface area contributed by atoms with Crippen LogP contribution in [-0.4, -0.2) is 37.7 Å². The van der Waals surface area contributed by atoms with Gasteiger partial charge in [-0.3, -0.25) is 4.79 Å². The fourth-order valence-electron chi connectivity index (χ4n) is 2.09. The third-order valence-corrected chi connectivity index (χ3v) is 3.16. The second-order valence-corrected chi connectivity index (χ2v) is 4.78. The van der Waals surface area contributed by atoms with E-state index in [1.54, 1.807) is 12.1 Å². The van der Waals surface area contributed by atoms with Crippen LogP contribution in [0.5, 0.6) is 5.75 Å². The van der Waals surface area contributed by atoms with Gasteiger partial charge in [0.1, 0.15) is 18.5 Å². The van der Waals surface area contributed by atoms with Crippen molar-refractivity contribution in [3.63, 3.8) is 0 Å².